The van der Waals surface area contributed by atoms with E-state index in [-0.39, 0.29) is 5.54 Å². The minimum Gasteiger partial charge on any atom is -0.382 e. The second kappa shape index (κ2) is 5.09. The SMILES string of the molecule is COCC(C)(C)Nc1nc(NN)ncc1C. The Morgan fingerprint density at radius 1 is 1.50 bits per heavy atom. The molecule has 0 radical (unpaired) electrons. The number of nitrogens with zero attached hydrogens (tertiary/aromatic N) is 2. The Labute approximate surface area is 95.6 Å². The van der Waals surface area contributed by atoms with Gasteiger partial charge in [0.15, 0.2) is 0 Å². The molecule has 6 nitrogen and oxygen atoms in total. The first-order chi connectivity index (χ1) is 7.48. The van der Waals surface area contributed by atoms with E-state index >= 15 is 0 Å². The molecule has 0 aliphatic heterocycles. The Morgan fingerprint density at radius 2 is 2.19 bits per heavy atom. The number of nitrogens with one attached hydrogen (secondary N) is 2. The van der Waals surface area contributed by atoms with E-state index in [0.29, 0.717) is 12.6 Å². The summed E-state index contributed by atoms with van der Waals surface area (Å²) >= 11 is 0. The molecule has 1 heterocycles. The Balaban J connectivity index is 2.87. The normalized spacial score (nSPS) is 11.3. The summed E-state index contributed by atoms with van der Waals surface area (Å²) in [5, 5.41) is 3.29. The van der Waals surface area contributed by atoms with E-state index in [2.05, 4.69) is 20.7 Å². The molecule has 0 saturated heterocycles. The molecule has 0 aromatic carbocycles. The summed E-state index contributed by atoms with van der Waals surface area (Å²) < 4.78 is 5.13. The Kier molecular flexibility index (Phi) is 4.03. The number of hydrogen-bond donors (Lipinski definition) is 3. The molecule has 0 unspecified atom stereocenters. The van der Waals surface area contributed by atoms with Crippen molar-refractivity contribution in [3.8, 4) is 0 Å². The fourth-order valence-corrected chi connectivity index (χ4v) is 1.36. The molecular weight excluding hydrogens is 206 g/mol. The molecule has 1 aromatic heterocycles. The maximum atomic E-state index is 5.26. The first kappa shape index (κ1) is 12.7. The van der Waals surface area contributed by atoms with E-state index in [9.17, 15) is 0 Å². The zero-order valence-electron chi connectivity index (χ0n) is 10.2. The van der Waals surface area contributed by atoms with Gasteiger partial charge in [0.25, 0.3) is 0 Å². The summed E-state index contributed by atoms with van der Waals surface area (Å²) in [6.07, 6.45) is 1.72. The van der Waals surface area contributed by atoms with E-state index in [4.69, 9.17) is 10.6 Å². The number of aromatic nitrogens is 2. The molecule has 0 spiro atoms. The van der Waals surface area contributed by atoms with Gasteiger partial charge < -0.3 is 10.1 Å². The first-order valence-corrected chi connectivity index (χ1v) is 5.06. The Hall–Kier alpha value is -1.40. The molecule has 0 bridgehead atoms. The zero-order valence-corrected chi connectivity index (χ0v) is 10.2. The van der Waals surface area contributed by atoms with E-state index in [1.807, 2.05) is 20.8 Å². The molecular formula is C10H19N5O. The lowest BCUT2D eigenvalue weighted by atomic mass is 10.1. The Morgan fingerprint density at radius 3 is 2.75 bits per heavy atom. The second-order valence-corrected chi connectivity index (χ2v) is 4.31. The van der Waals surface area contributed by atoms with Gasteiger partial charge in [0.2, 0.25) is 5.95 Å². The maximum absolute atomic E-state index is 5.26. The molecule has 0 aliphatic rings. The smallest absolute Gasteiger partial charge is 0.239 e. The van der Waals surface area contributed by atoms with Crippen LogP contribution in [0.4, 0.5) is 11.8 Å². The fraction of sp³-hybridized carbons (Fsp3) is 0.600. The van der Waals surface area contributed by atoms with Crippen molar-refractivity contribution < 1.29 is 4.74 Å². The molecule has 4 N–H and O–H groups in total. The fourth-order valence-electron chi connectivity index (χ4n) is 1.36. The van der Waals surface area contributed by atoms with Crippen LogP contribution in [0, 0.1) is 6.92 Å². The monoisotopic (exact) mass is 225 g/mol. The average Bonchev–Trinajstić information content (AvgIpc) is 2.21. The second-order valence-electron chi connectivity index (χ2n) is 4.31. The Bertz CT molecular complexity index is 353. The van der Waals surface area contributed by atoms with Crippen LogP contribution in [0.2, 0.25) is 0 Å². The molecule has 16 heavy (non-hydrogen) atoms. The summed E-state index contributed by atoms with van der Waals surface area (Å²) in [6, 6.07) is 0. The van der Waals surface area contributed by atoms with Crippen molar-refractivity contribution in [2.45, 2.75) is 26.3 Å². The highest BCUT2D eigenvalue weighted by molar-refractivity contribution is 5.47. The summed E-state index contributed by atoms with van der Waals surface area (Å²) in [6.45, 7) is 6.59. The van der Waals surface area contributed by atoms with Crippen LogP contribution in [0.1, 0.15) is 19.4 Å². The number of nitrogen functional groups attached to an aromatic ring is 1. The molecule has 6 heteroatoms. The number of nitrogens with two attached hydrogens (primary N) is 1. The van der Waals surface area contributed by atoms with Gasteiger partial charge >= 0.3 is 0 Å². The maximum Gasteiger partial charge on any atom is 0.239 e. The topological polar surface area (TPSA) is 85.1 Å². The number of hydrogen-bond acceptors (Lipinski definition) is 6. The molecule has 1 rings (SSSR count). The minimum atomic E-state index is -0.195. The highest BCUT2D eigenvalue weighted by Gasteiger charge is 2.19. The van der Waals surface area contributed by atoms with Gasteiger partial charge in [0, 0.05) is 18.9 Å². The van der Waals surface area contributed by atoms with Gasteiger partial charge in [-0.15, -0.1) is 0 Å². The van der Waals surface area contributed by atoms with E-state index in [1.54, 1.807) is 13.3 Å². The standard InChI is InChI=1S/C10H19N5O/c1-7-5-12-9(15-11)13-8(7)14-10(2,3)6-16-4/h5H,6,11H2,1-4H3,(H2,12,13,14,15). The van der Waals surface area contributed by atoms with Crippen LogP contribution in [0.25, 0.3) is 0 Å². The first-order valence-electron chi connectivity index (χ1n) is 5.06. The lowest BCUT2D eigenvalue weighted by Crippen LogP contribution is -2.36. The number of hydrazine groups is 1. The van der Waals surface area contributed by atoms with Crippen molar-refractivity contribution in [2.24, 2.45) is 5.84 Å². The third-order valence-corrected chi connectivity index (χ3v) is 2.06. The molecule has 0 saturated carbocycles. The van der Waals surface area contributed by atoms with Crippen molar-refractivity contribution in [1.82, 2.24) is 9.97 Å². The van der Waals surface area contributed by atoms with Crippen LogP contribution in [-0.2, 0) is 4.74 Å². The number of methoxy groups -OCH3 is 1. The summed E-state index contributed by atoms with van der Waals surface area (Å²) in [5.41, 5.74) is 3.19. The summed E-state index contributed by atoms with van der Waals surface area (Å²) in [5.74, 6) is 6.41. The van der Waals surface area contributed by atoms with Crippen LogP contribution >= 0.6 is 0 Å². The van der Waals surface area contributed by atoms with Crippen molar-refractivity contribution in [3.63, 3.8) is 0 Å². The molecule has 0 amide bonds. The highest BCUT2D eigenvalue weighted by Crippen LogP contribution is 2.17. The van der Waals surface area contributed by atoms with Crippen LogP contribution in [0.5, 0.6) is 0 Å². The molecule has 0 fully saturated rings. The predicted molar refractivity (Wildman–Crippen MR) is 64.2 cm³/mol. The molecule has 1 aromatic rings. The van der Waals surface area contributed by atoms with Gasteiger partial charge in [-0.1, -0.05) is 0 Å². The van der Waals surface area contributed by atoms with E-state index < -0.39 is 0 Å². The van der Waals surface area contributed by atoms with E-state index in [0.717, 1.165) is 11.4 Å². The van der Waals surface area contributed by atoms with Crippen LogP contribution in [0.3, 0.4) is 0 Å². The lowest BCUT2D eigenvalue weighted by Gasteiger charge is -2.26. The summed E-state index contributed by atoms with van der Waals surface area (Å²) in [7, 11) is 1.67. The van der Waals surface area contributed by atoms with Gasteiger partial charge in [0.05, 0.1) is 12.1 Å². The average molecular weight is 225 g/mol. The largest absolute Gasteiger partial charge is 0.382 e. The van der Waals surface area contributed by atoms with Gasteiger partial charge in [-0.3, -0.25) is 5.43 Å². The van der Waals surface area contributed by atoms with Crippen molar-refractivity contribution in [3.05, 3.63) is 11.8 Å². The van der Waals surface area contributed by atoms with Gasteiger partial charge in [-0.05, 0) is 20.8 Å². The third kappa shape index (κ3) is 3.32. The number of ether oxygens (including phenoxy) is 1. The number of anilines is 2. The summed E-state index contributed by atoms with van der Waals surface area (Å²) in [4.78, 5) is 8.26. The van der Waals surface area contributed by atoms with Crippen molar-refractivity contribution in [1.29, 1.82) is 0 Å². The van der Waals surface area contributed by atoms with Crippen molar-refractivity contribution in [2.75, 3.05) is 24.5 Å². The van der Waals surface area contributed by atoms with Crippen LogP contribution < -0.4 is 16.6 Å². The van der Waals surface area contributed by atoms with Gasteiger partial charge in [-0.25, -0.2) is 10.8 Å². The van der Waals surface area contributed by atoms with Gasteiger partial charge in [-0.2, -0.15) is 4.98 Å². The van der Waals surface area contributed by atoms with Crippen LogP contribution in [-0.4, -0.2) is 29.2 Å². The van der Waals surface area contributed by atoms with E-state index in [1.165, 1.54) is 0 Å². The number of aryl methyl sites for hydroxylation is 1. The molecule has 0 atom stereocenters. The molecule has 0 aliphatic carbocycles. The minimum absolute atomic E-state index is 0.195. The predicted octanol–water partition coefficient (Wildman–Crippen LogP) is 0.908. The lowest BCUT2D eigenvalue weighted by molar-refractivity contribution is 0.158. The van der Waals surface area contributed by atoms with Crippen LogP contribution in [0.15, 0.2) is 6.20 Å². The third-order valence-electron chi connectivity index (χ3n) is 2.06. The quantitative estimate of drug-likeness (QED) is 0.510. The highest BCUT2D eigenvalue weighted by atomic mass is 16.5. The molecule has 90 valence electrons. The van der Waals surface area contributed by atoms with Crippen molar-refractivity contribution >= 4 is 11.8 Å². The zero-order chi connectivity index (χ0) is 12.2. The number of rotatable bonds is 5. The van der Waals surface area contributed by atoms with Gasteiger partial charge in [0.1, 0.15) is 5.82 Å².